The number of nitrogens with zero attached hydrogens (tertiary/aromatic N) is 3. The number of hydrogen-bond acceptors (Lipinski definition) is 5. The Morgan fingerprint density at radius 1 is 1.32 bits per heavy atom. The Bertz CT molecular complexity index is 863. The molecule has 0 spiro atoms. The van der Waals surface area contributed by atoms with Crippen LogP contribution < -0.4 is 4.90 Å². The van der Waals surface area contributed by atoms with Gasteiger partial charge in [-0.15, -0.1) is 0 Å². The summed E-state index contributed by atoms with van der Waals surface area (Å²) >= 11 is 0. The molecule has 152 valence electrons. The van der Waals surface area contributed by atoms with Gasteiger partial charge < -0.3 is 19.6 Å². The summed E-state index contributed by atoms with van der Waals surface area (Å²) in [7, 11) is 0. The Balaban J connectivity index is 1.73. The van der Waals surface area contributed by atoms with Crippen molar-refractivity contribution >= 4 is 28.7 Å². The van der Waals surface area contributed by atoms with Crippen molar-refractivity contribution in [3.05, 3.63) is 23.9 Å². The number of carboxylic acid groups (broad SMARTS) is 1. The second kappa shape index (κ2) is 7.69. The van der Waals surface area contributed by atoms with Gasteiger partial charge in [-0.3, -0.25) is 5.10 Å². The maximum atomic E-state index is 12.5. The molecule has 1 aliphatic heterocycles. The van der Waals surface area contributed by atoms with Gasteiger partial charge in [-0.05, 0) is 52.7 Å². The van der Waals surface area contributed by atoms with Crippen LogP contribution in [0.15, 0.2) is 18.3 Å². The van der Waals surface area contributed by atoms with Crippen molar-refractivity contribution in [3.63, 3.8) is 0 Å². The molecule has 0 atom stereocenters. The number of aromatic nitrogens is 2. The minimum absolute atomic E-state index is 0.134. The first-order valence-corrected chi connectivity index (χ1v) is 9.65. The quantitative estimate of drug-likeness (QED) is 0.832. The standard InChI is InChI=1S/C20H28N4O4/c1-5-24(19(27)28-20(2,3)4)13-8-10-23(11-9-13)16-7-6-14(18(25)26)17-15(16)12-21-22-17/h6-7,12-13H,5,8-11H2,1-4H3,(H,21,22)(H,25,26). The summed E-state index contributed by atoms with van der Waals surface area (Å²) in [6.45, 7) is 9.75. The molecule has 8 nitrogen and oxygen atoms in total. The molecule has 0 aliphatic carbocycles. The van der Waals surface area contributed by atoms with E-state index in [1.165, 1.54) is 0 Å². The number of carbonyl (C=O) groups is 2. The van der Waals surface area contributed by atoms with Gasteiger partial charge in [0.25, 0.3) is 0 Å². The molecule has 1 fully saturated rings. The van der Waals surface area contributed by atoms with Crippen molar-refractivity contribution < 1.29 is 19.4 Å². The molecule has 28 heavy (non-hydrogen) atoms. The molecule has 3 rings (SSSR count). The van der Waals surface area contributed by atoms with Crippen LogP contribution in [0.2, 0.25) is 0 Å². The zero-order valence-corrected chi connectivity index (χ0v) is 16.9. The van der Waals surface area contributed by atoms with Crippen molar-refractivity contribution in [2.24, 2.45) is 0 Å². The number of piperidine rings is 1. The second-order valence-corrected chi connectivity index (χ2v) is 8.08. The summed E-state index contributed by atoms with van der Waals surface area (Å²) in [4.78, 5) is 27.9. The summed E-state index contributed by atoms with van der Waals surface area (Å²) in [5, 5.41) is 17.0. The Hall–Kier alpha value is -2.77. The number of H-pyrrole nitrogens is 1. The molecule has 2 N–H and O–H groups in total. The molecule has 0 bridgehead atoms. The van der Waals surface area contributed by atoms with Crippen LogP contribution in [0.5, 0.6) is 0 Å². The normalized spacial score (nSPS) is 15.6. The van der Waals surface area contributed by atoms with Gasteiger partial charge in [0, 0.05) is 36.7 Å². The lowest BCUT2D eigenvalue weighted by atomic mass is 10.0. The number of benzene rings is 1. The fourth-order valence-electron chi connectivity index (χ4n) is 3.75. The van der Waals surface area contributed by atoms with Crippen LogP contribution in [0.4, 0.5) is 10.5 Å². The SMILES string of the molecule is CCN(C(=O)OC(C)(C)C)C1CCN(c2ccc(C(=O)O)c3[nH]ncc23)CC1. The van der Waals surface area contributed by atoms with E-state index in [9.17, 15) is 14.7 Å². The number of anilines is 1. The first-order valence-electron chi connectivity index (χ1n) is 9.65. The van der Waals surface area contributed by atoms with E-state index in [-0.39, 0.29) is 17.7 Å². The van der Waals surface area contributed by atoms with Crippen molar-refractivity contribution in [2.75, 3.05) is 24.5 Å². The largest absolute Gasteiger partial charge is 0.478 e. The van der Waals surface area contributed by atoms with Crippen molar-refractivity contribution in [2.45, 2.75) is 52.2 Å². The minimum atomic E-state index is -0.976. The number of nitrogens with one attached hydrogen (secondary N) is 1. The van der Waals surface area contributed by atoms with Crippen LogP contribution >= 0.6 is 0 Å². The summed E-state index contributed by atoms with van der Waals surface area (Å²) in [5.74, 6) is -0.976. The fraction of sp³-hybridized carbons (Fsp3) is 0.550. The van der Waals surface area contributed by atoms with E-state index >= 15 is 0 Å². The molecule has 8 heteroatoms. The van der Waals surface area contributed by atoms with Crippen molar-refractivity contribution in [1.29, 1.82) is 0 Å². The summed E-state index contributed by atoms with van der Waals surface area (Å²) < 4.78 is 5.54. The molecule has 1 amide bonds. The van der Waals surface area contributed by atoms with Gasteiger partial charge in [-0.25, -0.2) is 9.59 Å². The summed E-state index contributed by atoms with van der Waals surface area (Å²) in [6.07, 6.45) is 3.05. The van der Waals surface area contributed by atoms with Gasteiger partial charge in [0.15, 0.2) is 0 Å². The highest BCUT2D eigenvalue weighted by Crippen LogP contribution is 2.31. The maximum absolute atomic E-state index is 12.5. The molecular formula is C20H28N4O4. The van der Waals surface area contributed by atoms with E-state index in [1.54, 1.807) is 12.3 Å². The molecule has 1 aliphatic rings. The van der Waals surface area contributed by atoms with Crippen LogP contribution in [0.3, 0.4) is 0 Å². The first-order chi connectivity index (χ1) is 13.2. The highest BCUT2D eigenvalue weighted by molar-refractivity contribution is 6.05. The van der Waals surface area contributed by atoms with Gasteiger partial charge in [0.1, 0.15) is 5.60 Å². The van der Waals surface area contributed by atoms with E-state index in [0.29, 0.717) is 12.1 Å². The zero-order valence-electron chi connectivity index (χ0n) is 16.9. The van der Waals surface area contributed by atoms with Crippen LogP contribution in [-0.4, -0.2) is 63.5 Å². The average Bonchev–Trinajstić information content (AvgIpc) is 3.10. The molecule has 2 aromatic rings. The first kappa shape index (κ1) is 20.0. The van der Waals surface area contributed by atoms with Gasteiger partial charge >= 0.3 is 12.1 Å². The Kier molecular flexibility index (Phi) is 5.49. The number of amides is 1. The molecule has 0 saturated carbocycles. The second-order valence-electron chi connectivity index (χ2n) is 8.08. The maximum Gasteiger partial charge on any atom is 0.410 e. The lowest BCUT2D eigenvalue weighted by Crippen LogP contribution is -2.48. The van der Waals surface area contributed by atoms with Crippen LogP contribution in [-0.2, 0) is 4.74 Å². The summed E-state index contributed by atoms with van der Waals surface area (Å²) in [5.41, 5.74) is 1.21. The predicted molar refractivity (Wildman–Crippen MR) is 107 cm³/mol. The molecule has 1 aromatic heterocycles. The Morgan fingerprint density at radius 2 is 2.00 bits per heavy atom. The number of rotatable bonds is 4. The van der Waals surface area contributed by atoms with Gasteiger partial charge in [-0.2, -0.15) is 5.10 Å². The number of fused-ring (bicyclic) bond motifs is 1. The van der Waals surface area contributed by atoms with Crippen LogP contribution in [0.25, 0.3) is 10.9 Å². The number of carbonyl (C=O) groups excluding carboxylic acids is 1. The lowest BCUT2D eigenvalue weighted by Gasteiger charge is -2.39. The van der Waals surface area contributed by atoms with Crippen LogP contribution in [0, 0.1) is 0 Å². The monoisotopic (exact) mass is 388 g/mol. The molecular weight excluding hydrogens is 360 g/mol. The number of carboxylic acids is 1. The van der Waals surface area contributed by atoms with Gasteiger partial charge in [-0.1, -0.05) is 0 Å². The average molecular weight is 388 g/mol. The molecule has 0 unspecified atom stereocenters. The summed E-state index contributed by atoms with van der Waals surface area (Å²) in [6, 6.07) is 3.59. The smallest absolute Gasteiger partial charge is 0.410 e. The zero-order chi connectivity index (χ0) is 20.5. The fourth-order valence-corrected chi connectivity index (χ4v) is 3.75. The Labute approximate surface area is 164 Å². The van der Waals surface area contributed by atoms with E-state index in [0.717, 1.165) is 37.0 Å². The number of aromatic carboxylic acids is 1. The Morgan fingerprint density at radius 3 is 2.57 bits per heavy atom. The number of aromatic amines is 1. The third-order valence-corrected chi connectivity index (χ3v) is 5.04. The van der Waals surface area contributed by atoms with E-state index in [2.05, 4.69) is 15.1 Å². The van der Waals surface area contributed by atoms with Gasteiger partial charge in [0.05, 0.1) is 17.3 Å². The number of hydrogen-bond donors (Lipinski definition) is 2. The molecule has 0 radical (unpaired) electrons. The number of ether oxygens (including phenoxy) is 1. The van der Waals surface area contributed by atoms with Crippen molar-refractivity contribution in [3.8, 4) is 0 Å². The minimum Gasteiger partial charge on any atom is -0.478 e. The van der Waals surface area contributed by atoms with Crippen molar-refractivity contribution in [1.82, 2.24) is 15.1 Å². The third-order valence-electron chi connectivity index (χ3n) is 5.04. The third kappa shape index (κ3) is 4.05. The highest BCUT2D eigenvalue weighted by atomic mass is 16.6. The van der Waals surface area contributed by atoms with E-state index < -0.39 is 11.6 Å². The van der Waals surface area contributed by atoms with E-state index in [4.69, 9.17) is 4.74 Å². The van der Waals surface area contributed by atoms with Gasteiger partial charge in [0.2, 0.25) is 0 Å². The highest BCUT2D eigenvalue weighted by Gasteiger charge is 2.30. The lowest BCUT2D eigenvalue weighted by molar-refractivity contribution is 0.0149. The van der Waals surface area contributed by atoms with E-state index in [1.807, 2.05) is 38.7 Å². The van der Waals surface area contributed by atoms with Crippen LogP contribution in [0.1, 0.15) is 50.9 Å². The topological polar surface area (TPSA) is 98.8 Å². The molecule has 2 heterocycles. The predicted octanol–water partition coefficient (Wildman–Crippen LogP) is 3.49. The molecule has 1 saturated heterocycles. The molecule has 1 aromatic carbocycles.